The number of para-hydroxylation sites is 1. The van der Waals surface area contributed by atoms with Gasteiger partial charge >= 0.3 is 12.1 Å². The second kappa shape index (κ2) is 24.6. The lowest BCUT2D eigenvalue weighted by Crippen LogP contribution is -2.61. The number of aliphatic hydroxyl groups excluding tert-OH is 1. The number of aromatic nitrogens is 4. The second-order valence-electron chi connectivity index (χ2n) is 17.9. The Hall–Kier alpha value is -3.65. The van der Waals surface area contributed by atoms with Crippen LogP contribution in [0.4, 0.5) is 9.18 Å². The zero-order valence-corrected chi connectivity index (χ0v) is 37.9. The normalized spacial score (nSPS) is 33.1. The number of ether oxygens (including phenoxy) is 5. The number of unbranched alkanes of at least 4 members (excludes halogenated alkanes) is 1. The van der Waals surface area contributed by atoms with Crippen molar-refractivity contribution in [2.24, 2.45) is 5.92 Å². The highest BCUT2D eigenvalue weighted by Gasteiger charge is 2.59. The molecule has 378 valence electrons. The minimum absolute atomic E-state index is 0. The van der Waals surface area contributed by atoms with Crippen molar-refractivity contribution in [2.45, 2.75) is 196 Å². The molecule has 3 aliphatic heterocycles. The standard InChI is InChI=1S/C43H64FN7O9S.5CH4/c1-11-33-43(7)36(51(40(55)60-43)19-15-14-18-50-24-29(47-48-50)37-46-28-16-12-13-17-31(28)61-37)27(4)45-23-25(2)22-41(5,56-10)34(21-32(52)42(6,44)39(54)59-33)58-38-35(53)30(49(8)9)20-26(3)57-38;;;;;/h12-13,16-17,24-27,30,33-36,38,45,53H,11,14-15,18-23H2,1-10H3;5*1H4/t25-,26?,27-,30?,33-,34-,35?,36-,38+,41-,42-,43-;;;;;/m1...../s1. The molecule has 0 spiro atoms. The highest BCUT2D eigenvalue weighted by Crippen LogP contribution is 2.40. The van der Waals surface area contributed by atoms with Gasteiger partial charge in [-0.05, 0) is 105 Å². The molecule has 0 radical (unpaired) electrons. The Morgan fingerprint density at radius 2 is 1.70 bits per heavy atom. The third-order valence-corrected chi connectivity index (χ3v) is 13.9. The molecule has 0 aliphatic carbocycles. The van der Waals surface area contributed by atoms with E-state index in [1.165, 1.54) is 7.11 Å². The predicted octanol–water partition coefficient (Wildman–Crippen LogP) is 8.34. The Labute approximate surface area is 398 Å². The first-order valence-corrected chi connectivity index (χ1v) is 22.3. The van der Waals surface area contributed by atoms with Gasteiger partial charge in [-0.15, -0.1) is 16.4 Å². The molecule has 66 heavy (non-hydrogen) atoms. The number of likely N-dealkylation sites (N-methyl/N-ethyl adjacent to an activating group) is 1. The lowest BCUT2D eigenvalue weighted by molar-refractivity contribution is -0.289. The van der Waals surface area contributed by atoms with Crippen molar-refractivity contribution < 1.29 is 47.6 Å². The number of carbonyl (C=O) groups is 3. The summed E-state index contributed by atoms with van der Waals surface area (Å²) in [6, 6.07) is 6.58. The van der Waals surface area contributed by atoms with Gasteiger partial charge < -0.3 is 39.0 Å². The third-order valence-electron chi connectivity index (χ3n) is 12.8. The minimum Gasteiger partial charge on any atom is -0.455 e. The molecule has 12 atom stereocenters. The zero-order chi connectivity index (χ0) is 44.4. The van der Waals surface area contributed by atoms with Crippen molar-refractivity contribution >= 4 is 39.4 Å². The van der Waals surface area contributed by atoms with Gasteiger partial charge in [0.15, 0.2) is 17.7 Å². The summed E-state index contributed by atoms with van der Waals surface area (Å²) in [5.41, 5.74) is -4.11. The largest absolute Gasteiger partial charge is 0.455 e. The van der Waals surface area contributed by atoms with Gasteiger partial charge in [0.1, 0.15) is 22.9 Å². The van der Waals surface area contributed by atoms with Crippen molar-refractivity contribution in [2.75, 3.05) is 34.3 Å². The summed E-state index contributed by atoms with van der Waals surface area (Å²) in [5, 5.41) is 24.4. The van der Waals surface area contributed by atoms with Gasteiger partial charge in [-0.2, -0.15) is 0 Å². The summed E-state index contributed by atoms with van der Waals surface area (Å²) in [7, 11) is 5.20. The smallest absolute Gasteiger partial charge is 0.410 e. The monoisotopic (exact) mass is 954 g/mol. The van der Waals surface area contributed by atoms with Crippen LogP contribution < -0.4 is 5.32 Å². The molecule has 0 bridgehead atoms. The molecule has 3 saturated heterocycles. The number of nitrogens with zero attached hydrogens (tertiary/aromatic N) is 6. The molecular weight excluding hydrogens is 870 g/mol. The van der Waals surface area contributed by atoms with E-state index in [0.29, 0.717) is 51.0 Å². The number of benzene rings is 1. The molecule has 16 nitrogen and oxygen atoms in total. The molecular formula is C48H84FN7O9S. The number of nitrogens with one attached hydrogen (secondary N) is 1. The average Bonchev–Trinajstić information content (AvgIpc) is 3.93. The number of alkyl halides is 1. The summed E-state index contributed by atoms with van der Waals surface area (Å²) in [6.45, 7) is 13.3. The lowest BCUT2D eigenvalue weighted by Gasteiger charge is -2.45. The van der Waals surface area contributed by atoms with Crippen LogP contribution in [0.3, 0.4) is 0 Å². The molecule has 3 aliphatic rings. The second-order valence-corrected chi connectivity index (χ2v) is 18.9. The van der Waals surface area contributed by atoms with E-state index < -0.39 is 77.8 Å². The van der Waals surface area contributed by atoms with Gasteiger partial charge in [0.25, 0.3) is 5.67 Å². The molecule has 1 amide bonds. The molecule has 3 fully saturated rings. The molecule has 0 saturated carbocycles. The SMILES string of the molecule is C.C.C.C.C.CC[C@H]1OC(=O)[C@](C)(F)C(=O)C[C@@H](O[C@@H]2OC(C)CC(N(C)C)C2O)[C@](C)(OC)C[C@@H](C)CN[C@H](C)[C@H]2N(CCCCn3cc(-c4nc5ccccc5s4)nn3)C(=O)O[C@]12C. The van der Waals surface area contributed by atoms with E-state index in [1.807, 2.05) is 70.2 Å². The van der Waals surface area contributed by atoms with Crippen LogP contribution in [0.2, 0.25) is 0 Å². The van der Waals surface area contributed by atoms with Gasteiger partial charge in [-0.3, -0.25) is 14.4 Å². The van der Waals surface area contributed by atoms with Crippen LogP contribution in [0.15, 0.2) is 30.5 Å². The number of hydrogen-bond donors (Lipinski definition) is 2. The first-order chi connectivity index (χ1) is 28.8. The summed E-state index contributed by atoms with van der Waals surface area (Å²) in [4.78, 5) is 49.9. The fraction of sp³-hybridized carbons (Fsp3) is 0.750. The summed E-state index contributed by atoms with van der Waals surface area (Å²) >= 11 is 1.56. The lowest BCUT2D eigenvalue weighted by atomic mass is 9.83. The Morgan fingerprint density at radius 1 is 1.03 bits per heavy atom. The van der Waals surface area contributed by atoms with E-state index in [0.717, 1.165) is 22.1 Å². The Morgan fingerprint density at radius 3 is 2.33 bits per heavy atom. The van der Waals surface area contributed by atoms with Crippen LogP contribution in [-0.4, -0.2) is 153 Å². The van der Waals surface area contributed by atoms with Crippen molar-refractivity contribution in [1.29, 1.82) is 0 Å². The summed E-state index contributed by atoms with van der Waals surface area (Å²) < 4.78 is 50.2. The molecule has 6 rings (SSSR count). The molecule has 3 aromatic rings. The highest BCUT2D eigenvalue weighted by molar-refractivity contribution is 7.21. The van der Waals surface area contributed by atoms with Gasteiger partial charge in [0, 0.05) is 38.7 Å². The number of amides is 1. The maximum Gasteiger partial charge on any atom is 0.410 e. The van der Waals surface area contributed by atoms with Gasteiger partial charge in [-0.1, -0.05) is 68.3 Å². The van der Waals surface area contributed by atoms with Crippen molar-refractivity contribution in [1.82, 2.24) is 35.1 Å². The number of halogens is 1. The maximum atomic E-state index is 16.7. The van der Waals surface area contributed by atoms with E-state index in [2.05, 4.69) is 20.6 Å². The summed E-state index contributed by atoms with van der Waals surface area (Å²) in [5.74, 6) is -2.58. The Kier molecular flexibility index (Phi) is 22.5. The molecule has 3 unspecified atom stereocenters. The number of aryl methyl sites for hydroxylation is 1. The molecule has 18 heteroatoms. The Bertz CT molecular complexity index is 1970. The van der Waals surface area contributed by atoms with Crippen LogP contribution in [0.25, 0.3) is 20.9 Å². The number of methoxy groups -OCH3 is 1. The number of fused-ring (bicyclic) bond motifs is 2. The van der Waals surface area contributed by atoms with Gasteiger partial charge in [0.2, 0.25) is 0 Å². The van der Waals surface area contributed by atoms with E-state index in [9.17, 15) is 19.5 Å². The number of aliphatic hydroxyl groups is 1. The highest BCUT2D eigenvalue weighted by atomic mass is 32.1. The van der Waals surface area contributed by atoms with Gasteiger partial charge in [0.05, 0.1) is 40.3 Å². The van der Waals surface area contributed by atoms with E-state index in [4.69, 9.17) is 23.7 Å². The molecule has 5 heterocycles. The van der Waals surface area contributed by atoms with Crippen molar-refractivity contribution in [3.05, 3.63) is 30.5 Å². The topological polar surface area (TPSA) is 180 Å². The van der Waals surface area contributed by atoms with E-state index >= 15 is 4.39 Å². The summed E-state index contributed by atoms with van der Waals surface area (Å²) in [6.07, 6.45) is -1.70. The number of carbonyl (C=O) groups excluding carboxylic acids is 3. The van der Waals surface area contributed by atoms with Crippen molar-refractivity contribution in [3.8, 4) is 10.7 Å². The number of thiazole rings is 1. The fourth-order valence-corrected chi connectivity index (χ4v) is 10.1. The third kappa shape index (κ3) is 12.7. The van der Waals surface area contributed by atoms with Crippen LogP contribution in [-0.2, 0) is 39.8 Å². The molecule has 1 aromatic carbocycles. The minimum atomic E-state index is -3.10. The van der Waals surface area contributed by atoms with Gasteiger partial charge in [-0.25, -0.2) is 19.0 Å². The number of esters is 1. The van der Waals surface area contributed by atoms with Crippen LogP contribution >= 0.6 is 11.3 Å². The first kappa shape index (κ1) is 60.4. The van der Waals surface area contributed by atoms with E-state index in [-0.39, 0.29) is 61.6 Å². The van der Waals surface area contributed by atoms with Crippen LogP contribution in [0.5, 0.6) is 0 Å². The van der Waals surface area contributed by atoms with Crippen LogP contribution in [0.1, 0.15) is 124 Å². The average molecular weight is 954 g/mol. The number of hydrogen-bond acceptors (Lipinski definition) is 15. The zero-order valence-electron chi connectivity index (χ0n) is 37.1. The Balaban J connectivity index is 0.00000436. The number of cyclic esters (lactones) is 1. The van der Waals surface area contributed by atoms with E-state index in [1.54, 1.807) is 41.7 Å². The quantitative estimate of drug-likeness (QED) is 0.106. The van der Waals surface area contributed by atoms with Crippen LogP contribution in [0, 0.1) is 5.92 Å². The molecule has 2 N–H and O–H groups in total. The number of rotatable bonds is 11. The number of Topliss-reactive ketones (excluding diaryl/α,β-unsaturated/α-hetero) is 1. The number of ketones is 1. The first-order valence-electron chi connectivity index (χ1n) is 21.4. The predicted molar refractivity (Wildman–Crippen MR) is 260 cm³/mol. The maximum absolute atomic E-state index is 16.7. The van der Waals surface area contributed by atoms with Crippen molar-refractivity contribution in [3.63, 3.8) is 0 Å². The molecule has 2 aromatic heterocycles. The fourth-order valence-electron chi connectivity index (χ4n) is 9.18.